The highest BCUT2D eigenvalue weighted by molar-refractivity contribution is 5.66. The standard InChI is InChI=1S/C24H22O2/c1-4-18-6-9-20(10-7-18)21-11-13-22(14-12-21)24(26-25)23-15-8-19(5-2)16-17(23)3/h4-16,24-25H,1-2H2,3H3. The summed E-state index contributed by atoms with van der Waals surface area (Å²) < 4.78 is 0. The largest absolute Gasteiger partial charge is 0.251 e. The minimum atomic E-state index is -0.522. The highest BCUT2D eigenvalue weighted by Gasteiger charge is 2.17. The molecular formula is C24H22O2. The molecule has 0 aliphatic rings. The van der Waals surface area contributed by atoms with E-state index in [-0.39, 0.29) is 0 Å². The average Bonchev–Trinajstić information content (AvgIpc) is 2.70. The molecule has 2 nitrogen and oxygen atoms in total. The summed E-state index contributed by atoms with van der Waals surface area (Å²) in [6.45, 7) is 9.57. The van der Waals surface area contributed by atoms with E-state index in [2.05, 4.69) is 25.3 Å². The molecule has 26 heavy (non-hydrogen) atoms. The molecule has 0 saturated carbocycles. The van der Waals surface area contributed by atoms with Crippen LogP contribution in [0, 0.1) is 6.92 Å². The van der Waals surface area contributed by atoms with E-state index < -0.39 is 6.10 Å². The van der Waals surface area contributed by atoms with Gasteiger partial charge in [0.2, 0.25) is 0 Å². The van der Waals surface area contributed by atoms with E-state index in [0.29, 0.717) is 0 Å². The summed E-state index contributed by atoms with van der Waals surface area (Å²) in [7, 11) is 0. The first-order valence-corrected chi connectivity index (χ1v) is 8.52. The molecule has 130 valence electrons. The van der Waals surface area contributed by atoms with Crippen LogP contribution in [0.4, 0.5) is 0 Å². The number of aryl methyl sites for hydroxylation is 1. The molecule has 0 radical (unpaired) electrons. The van der Waals surface area contributed by atoms with Crippen molar-refractivity contribution in [3.63, 3.8) is 0 Å². The van der Waals surface area contributed by atoms with Crippen LogP contribution in [0.5, 0.6) is 0 Å². The minimum Gasteiger partial charge on any atom is -0.251 e. The van der Waals surface area contributed by atoms with Crippen LogP contribution in [0.15, 0.2) is 79.9 Å². The summed E-state index contributed by atoms with van der Waals surface area (Å²) in [5.41, 5.74) is 7.26. The van der Waals surface area contributed by atoms with Crippen LogP contribution in [0.2, 0.25) is 0 Å². The molecule has 0 bridgehead atoms. The van der Waals surface area contributed by atoms with Crippen LogP contribution in [0.1, 0.15) is 33.9 Å². The third-order valence-corrected chi connectivity index (χ3v) is 4.61. The molecule has 1 atom stereocenters. The third-order valence-electron chi connectivity index (χ3n) is 4.61. The summed E-state index contributed by atoms with van der Waals surface area (Å²) >= 11 is 0. The Bertz CT molecular complexity index is 906. The Balaban J connectivity index is 1.90. The lowest BCUT2D eigenvalue weighted by Gasteiger charge is -2.17. The summed E-state index contributed by atoms with van der Waals surface area (Å²) in [5.74, 6) is 0. The first-order chi connectivity index (χ1) is 12.7. The molecule has 3 rings (SSSR count). The summed E-state index contributed by atoms with van der Waals surface area (Å²) in [5, 5.41) is 9.50. The van der Waals surface area contributed by atoms with Gasteiger partial charge in [-0.15, -0.1) is 0 Å². The van der Waals surface area contributed by atoms with Gasteiger partial charge >= 0.3 is 0 Å². The molecule has 0 aliphatic carbocycles. The van der Waals surface area contributed by atoms with E-state index in [1.807, 2.05) is 67.6 Å². The van der Waals surface area contributed by atoms with Crippen molar-refractivity contribution >= 4 is 12.2 Å². The SMILES string of the molecule is C=Cc1ccc(-c2ccc(C(OO)c3ccc(C=C)cc3C)cc2)cc1. The maximum atomic E-state index is 9.50. The van der Waals surface area contributed by atoms with E-state index in [9.17, 15) is 5.26 Å². The summed E-state index contributed by atoms with van der Waals surface area (Å²) in [6, 6.07) is 22.2. The fourth-order valence-electron chi connectivity index (χ4n) is 3.08. The maximum Gasteiger partial charge on any atom is 0.143 e. The molecule has 0 amide bonds. The van der Waals surface area contributed by atoms with Crippen LogP contribution in [0.25, 0.3) is 23.3 Å². The first-order valence-electron chi connectivity index (χ1n) is 8.52. The number of rotatable bonds is 6. The Kier molecular flexibility index (Phi) is 5.47. The quantitative estimate of drug-likeness (QED) is 0.408. The van der Waals surface area contributed by atoms with Gasteiger partial charge in [0.1, 0.15) is 6.10 Å². The van der Waals surface area contributed by atoms with E-state index in [1.54, 1.807) is 6.08 Å². The first kappa shape index (κ1) is 17.9. The molecule has 3 aromatic rings. The van der Waals surface area contributed by atoms with E-state index in [0.717, 1.165) is 38.9 Å². The van der Waals surface area contributed by atoms with Crippen LogP contribution in [0.3, 0.4) is 0 Å². The number of hydrogen-bond donors (Lipinski definition) is 1. The Morgan fingerprint density at radius 2 is 1.35 bits per heavy atom. The van der Waals surface area contributed by atoms with Gasteiger partial charge < -0.3 is 0 Å². The van der Waals surface area contributed by atoms with Crippen molar-refractivity contribution in [1.29, 1.82) is 0 Å². The fraction of sp³-hybridized carbons (Fsp3) is 0.0833. The Morgan fingerprint density at radius 3 is 1.85 bits per heavy atom. The molecule has 0 aromatic heterocycles. The summed E-state index contributed by atoms with van der Waals surface area (Å²) in [6.07, 6.45) is 3.11. The van der Waals surface area contributed by atoms with Crippen molar-refractivity contribution < 1.29 is 10.1 Å². The number of benzene rings is 3. The van der Waals surface area contributed by atoms with Crippen LogP contribution in [-0.4, -0.2) is 5.26 Å². The minimum absolute atomic E-state index is 0.522. The highest BCUT2D eigenvalue weighted by Crippen LogP contribution is 2.30. The second-order valence-electron chi connectivity index (χ2n) is 6.25. The predicted molar refractivity (Wildman–Crippen MR) is 109 cm³/mol. The van der Waals surface area contributed by atoms with Gasteiger partial charge in [0.25, 0.3) is 0 Å². The van der Waals surface area contributed by atoms with Crippen molar-refractivity contribution in [2.24, 2.45) is 0 Å². The van der Waals surface area contributed by atoms with E-state index in [1.165, 1.54) is 0 Å². The molecule has 0 saturated heterocycles. The van der Waals surface area contributed by atoms with Crippen molar-refractivity contribution in [3.05, 3.63) is 108 Å². The monoisotopic (exact) mass is 342 g/mol. The average molecular weight is 342 g/mol. The second-order valence-corrected chi connectivity index (χ2v) is 6.25. The lowest BCUT2D eigenvalue weighted by Crippen LogP contribution is -2.06. The zero-order valence-electron chi connectivity index (χ0n) is 14.9. The van der Waals surface area contributed by atoms with Crippen molar-refractivity contribution in [3.8, 4) is 11.1 Å². The van der Waals surface area contributed by atoms with Gasteiger partial charge in [-0.2, -0.15) is 0 Å². The molecule has 0 aliphatic heterocycles. The van der Waals surface area contributed by atoms with Gasteiger partial charge in [0, 0.05) is 0 Å². The topological polar surface area (TPSA) is 29.5 Å². The van der Waals surface area contributed by atoms with Crippen molar-refractivity contribution in [2.75, 3.05) is 0 Å². The van der Waals surface area contributed by atoms with Gasteiger partial charge in [0.15, 0.2) is 0 Å². The van der Waals surface area contributed by atoms with Gasteiger partial charge in [-0.1, -0.05) is 92.0 Å². The van der Waals surface area contributed by atoms with E-state index >= 15 is 0 Å². The van der Waals surface area contributed by atoms with Gasteiger partial charge in [-0.05, 0) is 45.9 Å². The maximum absolute atomic E-state index is 9.50. The molecule has 0 spiro atoms. The number of hydrogen-bond acceptors (Lipinski definition) is 2. The Labute approximate surface area is 154 Å². The Morgan fingerprint density at radius 1 is 0.808 bits per heavy atom. The molecule has 2 heteroatoms. The lowest BCUT2D eigenvalue weighted by atomic mass is 9.94. The molecule has 1 N–H and O–H groups in total. The molecule has 1 unspecified atom stereocenters. The molecular weight excluding hydrogens is 320 g/mol. The van der Waals surface area contributed by atoms with Crippen LogP contribution >= 0.6 is 0 Å². The van der Waals surface area contributed by atoms with E-state index in [4.69, 9.17) is 4.89 Å². The normalized spacial score (nSPS) is 11.8. The van der Waals surface area contributed by atoms with Gasteiger partial charge in [-0.25, -0.2) is 4.89 Å². The smallest absolute Gasteiger partial charge is 0.143 e. The zero-order chi connectivity index (χ0) is 18.5. The molecule has 0 heterocycles. The van der Waals surface area contributed by atoms with Crippen LogP contribution in [-0.2, 0) is 4.89 Å². The molecule has 3 aromatic carbocycles. The third kappa shape index (κ3) is 3.67. The van der Waals surface area contributed by atoms with Gasteiger partial charge in [0.05, 0.1) is 0 Å². The predicted octanol–water partition coefficient (Wildman–Crippen LogP) is 6.53. The van der Waals surface area contributed by atoms with Gasteiger partial charge in [-0.3, -0.25) is 5.26 Å². The fourth-order valence-corrected chi connectivity index (χ4v) is 3.08. The molecule has 0 fully saturated rings. The van der Waals surface area contributed by atoms with Crippen molar-refractivity contribution in [2.45, 2.75) is 13.0 Å². The zero-order valence-corrected chi connectivity index (χ0v) is 14.9. The highest BCUT2D eigenvalue weighted by atomic mass is 17.1. The summed E-state index contributed by atoms with van der Waals surface area (Å²) in [4.78, 5) is 4.82. The van der Waals surface area contributed by atoms with Crippen LogP contribution < -0.4 is 0 Å². The van der Waals surface area contributed by atoms with Crippen molar-refractivity contribution in [1.82, 2.24) is 0 Å². The second kappa shape index (κ2) is 7.96. The lowest BCUT2D eigenvalue weighted by molar-refractivity contribution is -0.270. The Hall–Kier alpha value is -2.94.